The van der Waals surface area contributed by atoms with E-state index in [1.54, 1.807) is 0 Å². The maximum Gasteiger partial charge on any atom is 0.126 e. The first-order valence-electron chi connectivity index (χ1n) is 4.13. The van der Waals surface area contributed by atoms with Crippen LogP contribution in [0.4, 0.5) is 4.39 Å². The summed E-state index contributed by atoms with van der Waals surface area (Å²) in [5.74, 6) is 0. The summed E-state index contributed by atoms with van der Waals surface area (Å²) in [6.07, 6.45) is 1.54. The van der Waals surface area contributed by atoms with Gasteiger partial charge in [-0.15, -0.1) is 0 Å². The van der Waals surface area contributed by atoms with Crippen molar-refractivity contribution in [3.05, 3.63) is 0 Å². The smallest absolute Gasteiger partial charge is 0.126 e. The number of hydrogen-bond acceptors (Lipinski definition) is 1. The summed E-state index contributed by atoms with van der Waals surface area (Å²) in [7, 11) is 0. The molecule has 10 heavy (non-hydrogen) atoms. The molecule has 1 fully saturated rings. The largest absolute Gasteiger partial charge is 0.390 e. The minimum Gasteiger partial charge on any atom is -0.390 e. The first-order chi connectivity index (χ1) is 4.80. The Labute approximate surface area is 62.3 Å². The summed E-state index contributed by atoms with van der Waals surface area (Å²) in [4.78, 5) is 0. The Bertz CT molecular complexity index is 65.7. The molecule has 2 heteroatoms. The lowest BCUT2D eigenvalue weighted by Gasteiger charge is -2.20. The third kappa shape index (κ3) is 3.16. The van der Waals surface area contributed by atoms with E-state index >= 15 is 0 Å². The first-order valence-corrected chi connectivity index (χ1v) is 4.13. The summed E-state index contributed by atoms with van der Waals surface area (Å²) in [5, 5.41) is 8.80. The Balaban J connectivity index is 0.000000371. The van der Waals surface area contributed by atoms with E-state index in [1.807, 2.05) is 13.8 Å². The topological polar surface area (TPSA) is 20.2 Å². The van der Waals surface area contributed by atoms with Crippen LogP contribution in [0.25, 0.3) is 0 Å². The van der Waals surface area contributed by atoms with E-state index in [9.17, 15) is 4.39 Å². The highest BCUT2D eigenvalue weighted by Crippen LogP contribution is 2.20. The molecule has 1 rings (SSSR count). The Kier molecular flexibility index (Phi) is 5.60. The van der Waals surface area contributed by atoms with E-state index in [2.05, 4.69) is 0 Å². The van der Waals surface area contributed by atoms with E-state index in [0.717, 1.165) is 12.8 Å². The van der Waals surface area contributed by atoms with Gasteiger partial charge in [-0.25, -0.2) is 4.39 Å². The van der Waals surface area contributed by atoms with Crippen LogP contribution in [0.15, 0.2) is 0 Å². The van der Waals surface area contributed by atoms with Gasteiger partial charge in [-0.3, -0.25) is 0 Å². The monoisotopic (exact) mass is 148 g/mol. The fraction of sp³-hybridized carbons (Fsp3) is 1.00. The molecule has 1 unspecified atom stereocenters. The van der Waals surface area contributed by atoms with E-state index in [4.69, 9.17) is 5.11 Å². The molecular weight excluding hydrogens is 131 g/mol. The fourth-order valence-corrected chi connectivity index (χ4v) is 1.07. The number of aliphatic hydroxyl groups is 1. The second kappa shape index (κ2) is 5.66. The number of aliphatic hydroxyl groups excluding tert-OH is 1. The van der Waals surface area contributed by atoms with Crippen molar-refractivity contribution < 1.29 is 9.50 Å². The average molecular weight is 148 g/mol. The van der Waals surface area contributed by atoms with Gasteiger partial charge in [-0.05, 0) is 12.8 Å². The molecule has 0 aromatic rings. The molecule has 0 saturated heterocycles. The first kappa shape index (κ1) is 9.89. The predicted octanol–water partition coefficient (Wildman–Crippen LogP) is 2.29. The van der Waals surface area contributed by atoms with Crippen LogP contribution < -0.4 is 0 Å². The Morgan fingerprint density at radius 1 is 1.20 bits per heavy atom. The van der Waals surface area contributed by atoms with Crippen LogP contribution in [0.3, 0.4) is 0 Å². The standard InChI is InChI=1S/C6H11FO.C2H6/c7-5-3-1-2-4-6(5)8;1-2/h5-6,8H,1-4H2;1-2H3/t5?,6-;/m1./s1. The van der Waals surface area contributed by atoms with Crippen LogP contribution in [0, 0.1) is 0 Å². The zero-order valence-electron chi connectivity index (χ0n) is 6.81. The molecule has 0 aromatic carbocycles. The van der Waals surface area contributed by atoms with Gasteiger partial charge in [0.15, 0.2) is 0 Å². The van der Waals surface area contributed by atoms with E-state index in [1.165, 1.54) is 0 Å². The zero-order chi connectivity index (χ0) is 7.98. The highest BCUT2D eigenvalue weighted by atomic mass is 19.1. The quantitative estimate of drug-likeness (QED) is 0.558. The summed E-state index contributed by atoms with van der Waals surface area (Å²) >= 11 is 0. The molecule has 1 aliphatic carbocycles. The molecule has 1 N–H and O–H groups in total. The van der Waals surface area contributed by atoms with Gasteiger partial charge in [0, 0.05) is 0 Å². The normalized spacial score (nSPS) is 32.4. The summed E-state index contributed by atoms with van der Waals surface area (Å²) in [6, 6.07) is 0. The van der Waals surface area contributed by atoms with Gasteiger partial charge in [-0.2, -0.15) is 0 Å². The summed E-state index contributed by atoms with van der Waals surface area (Å²) < 4.78 is 12.3. The van der Waals surface area contributed by atoms with Crippen LogP contribution in [0.1, 0.15) is 39.5 Å². The molecule has 0 radical (unpaired) electrons. The maximum absolute atomic E-state index is 12.3. The molecule has 62 valence electrons. The number of alkyl halides is 1. The predicted molar refractivity (Wildman–Crippen MR) is 40.7 cm³/mol. The number of halogens is 1. The molecule has 0 aromatic heterocycles. The lowest BCUT2D eigenvalue weighted by Crippen LogP contribution is -2.25. The van der Waals surface area contributed by atoms with Crippen molar-refractivity contribution in [2.45, 2.75) is 51.8 Å². The third-order valence-corrected chi connectivity index (χ3v) is 1.65. The highest BCUT2D eigenvalue weighted by molar-refractivity contribution is 4.72. The van der Waals surface area contributed by atoms with Gasteiger partial charge in [-0.1, -0.05) is 26.7 Å². The van der Waals surface area contributed by atoms with Crippen LogP contribution in [0.2, 0.25) is 0 Å². The van der Waals surface area contributed by atoms with E-state index in [-0.39, 0.29) is 0 Å². The minimum absolute atomic E-state index is 0.557. The van der Waals surface area contributed by atoms with Crippen molar-refractivity contribution in [2.75, 3.05) is 0 Å². The molecule has 1 nitrogen and oxygen atoms in total. The van der Waals surface area contributed by atoms with Gasteiger partial charge in [0.05, 0.1) is 6.10 Å². The van der Waals surface area contributed by atoms with Crippen molar-refractivity contribution in [3.8, 4) is 0 Å². The Morgan fingerprint density at radius 2 is 1.70 bits per heavy atom. The van der Waals surface area contributed by atoms with Crippen LogP contribution in [0.5, 0.6) is 0 Å². The summed E-state index contributed by atoms with van der Waals surface area (Å²) in [5.41, 5.74) is 0. The van der Waals surface area contributed by atoms with Crippen LogP contribution >= 0.6 is 0 Å². The van der Waals surface area contributed by atoms with Gasteiger partial charge in [0.2, 0.25) is 0 Å². The van der Waals surface area contributed by atoms with E-state index in [0.29, 0.717) is 12.8 Å². The molecule has 2 atom stereocenters. The minimum atomic E-state index is -0.941. The van der Waals surface area contributed by atoms with Crippen molar-refractivity contribution in [3.63, 3.8) is 0 Å². The molecule has 1 aliphatic rings. The SMILES string of the molecule is CC.O[C@@H]1CCCCC1F. The van der Waals surface area contributed by atoms with Gasteiger partial charge in [0.1, 0.15) is 6.17 Å². The average Bonchev–Trinajstić information content (AvgIpc) is 2.00. The van der Waals surface area contributed by atoms with Crippen molar-refractivity contribution >= 4 is 0 Å². The second-order valence-corrected chi connectivity index (χ2v) is 2.37. The van der Waals surface area contributed by atoms with Gasteiger partial charge >= 0.3 is 0 Å². The van der Waals surface area contributed by atoms with Crippen LogP contribution in [-0.2, 0) is 0 Å². The summed E-state index contributed by atoms with van der Waals surface area (Å²) in [6.45, 7) is 4.00. The van der Waals surface area contributed by atoms with Gasteiger partial charge in [0.25, 0.3) is 0 Å². The van der Waals surface area contributed by atoms with Crippen molar-refractivity contribution in [1.29, 1.82) is 0 Å². The second-order valence-electron chi connectivity index (χ2n) is 2.37. The van der Waals surface area contributed by atoms with Crippen LogP contribution in [-0.4, -0.2) is 17.4 Å². The molecular formula is C8H17FO. The van der Waals surface area contributed by atoms with Crippen molar-refractivity contribution in [2.24, 2.45) is 0 Å². The third-order valence-electron chi connectivity index (χ3n) is 1.65. The van der Waals surface area contributed by atoms with E-state index < -0.39 is 12.3 Å². The molecule has 1 saturated carbocycles. The number of hydrogen-bond donors (Lipinski definition) is 1. The Morgan fingerprint density at radius 3 is 2.00 bits per heavy atom. The Hall–Kier alpha value is -0.110. The van der Waals surface area contributed by atoms with Gasteiger partial charge < -0.3 is 5.11 Å². The highest BCUT2D eigenvalue weighted by Gasteiger charge is 2.21. The molecule has 0 amide bonds. The molecule has 0 spiro atoms. The lowest BCUT2D eigenvalue weighted by molar-refractivity contribution is 0.0442. The fourth-order valence-electron chi connectivity index (χ4n) is 1.07. The number of rotatable bonds is 0. The molecule has 0 aliphatic heterocycles. The molecule has 0 heterocycles. The maximum atomic E-state index is 12.3. The molecule has 0 bridgehead atoms. The lowest BCUT2D eigenvalue weighted by atomic mass is 9.96. The zero-order valence-corrected chi connectivity index (χ0v) is 6.81. The van der Waals surface area contributed by atoms with Crippen molar-refractivity contribution in [1.82, 2.24) is 0 Å².